The van der Waals surface area contributed by atoms with Gasteiger partial charge in [-0.2, -0.15) is 0 Å². The maximum absolute atomic E-state index is 12.7. The van der Waals surface area contributed by atoms with Gasteiger partial charge in [0.25, 0.3) is 11.8 Å². The van der Waals surface area contributed by atoms with Gasteiger partial charge in [0.05, 0.1) is 17.7 Å². The number of halogens is 1. The van der Waals surface area contributed by atoms with Crippen molar-refractivity contribution >= 4 is 57.0 Å². The number of thiocarbonyl (C=S) groups is 1. The van der Waals surface area contributed by atoms with E-state index in [4.69, 9.17) is 21.4 Å². The third-order valence-corrected chi connectivity index (χ3v) is 5.33. The zero-order valence-electron chi connectivity index (χ0n) is 14.7. The molecule has 2 fully saturated rings. The van der Waals surface area contributed by atoms with Crippen molar-refractivity contribution in [2.45, 2.75) is 13.8 Å². The molecule has 140 valence electrons. The zero-order chi connectivity index (χ0) is 18.8. The number of hydrogen-bond acceptors (Lipinski definition) is 6. The molecule has 0 saturated carbocycles. The Balaban J connectivity index is 1.94. The minimum atomic E-state index is -0.396. The van der Waals surface area contributed by atoms with Crippen LogP contribution in [0.4, 0.5) is 5.88 Å². The van der Waals surface area contributed by atoms with Gasteiger partial charge in [0.1, 0.15) is 11.3 Å². The average Bonchev–Trinajstić information content (AvgIpc) is 3.01. The van der Waals surface area contributed by atoms with E-state index in [9.17, 15) is 9.59 Å². The van der Waals surface area contributed by atoms with Gasteiger partial charge in [-0.25, -0.2) is 0 Å². The first-order chi connectivity index (χ1) is 12.5. The highest BCUT2D eigenvalue weighted by molar-refractivity contribution is 9.10. The number of nitrogens with zero attached hydrogens (tertiary/aromatic N) is 3. The van der Waals surface area contributed by atoms with E-state index in [-0.39, 0.29) is 10.7 Å². The van der Waals surface area contributed by atoms with Crippen LogP contribution in [0.1, 0.15) is 19.6 Å². The lowest BCUT2D eigenvalue weighted by molar-refractivity contribution is -0.133. The van der Waals surface area contributed by atoms with E-state index in [0.717, 1.165) is 17.6 Å². The highest BCUT2D eigenvalue weighted by Gasteiger charge is 2.38. The average molecular weight is 442 g/mol. The quantitative estimate of drug-likeness (QED) is 0.405. The molecule has 3 heterocycles. The highest BCUT2D eigenvalue weighted by atomic mass is 79.9. The summed E-state index contributed by atoms with van der Waals surface area (Å²) in [6.45, 7) is 7.17. The molecule has 0 unspecified atom stereocenters. The molecule has 0 aromatic carbocycles. The van der Waals surface area contributed by atoms with Crippen LogP contribution in [0.5, 0.6) is 0 Å². The van der Waals surface area contributed by atoms with Gasteiger partial charge in [0.15, 0.2) is 5.11 Å². The van der Waals surface area contributed by atoms with Gasteiger partial charge in [-0.1, -0.05) is 0 Å². The number of hydrogen-bond donors (Lipinski definition) is 0. The summed E-state index contributed by atoms with van der Waals surface area (Å²) in [5.74, 6) is 0.321. The van der Waals surface area contributed by atoms with Gasteiger partial charge >= 0.3 is 0 Å². The zero-order valence-corrected chi connectivity index (χ0v) is 17.1. The van der Waals surface area contributed by atoms with E-state index >= 15 is 0 Å². The first-order valence-corrected chi connectivity index (χ1v) is 9.69. The third-order valence-electron chi connectivity index (χ3n) is 4.32. The van der Waals surface area contributed by atoms with E-state index in [1.54, 1.807) is 6.07 Å². The lowest BCUT2D eigenvalue weighted by Gasteiger charge is -2.35. The fraction of sp³-hybridized carbons (Fsp3) is 0.471. The minimum Gasteiger partial charge on any atom is -0.440 e. The number of morpholine rings is 1. The van der Waals surface area contributed by atoms with Gasteiger partial charge in [-0.05, 0) is 48.1 Å². The Morgan fingerprint density at radius 3 is 2.27 bits per heavy atom. The Bertz CT molecular complexity index is 742. The minimum absolute atomic E-state index is 0.0528. The second kappa shape index (κ2) is 7.89. The molecule has 2 saturated heterocycles. The molecular formula is C17H20BrN3O4S. The number of carbonyl (C=O) groups excluding carboxylic acids is 2. The van der Waals surface area contributed by atoms with E-state index in [2.05, 4.69) is 20.8 Å². The number of furan rings is 1. The van der Waals surface area contributed by atoms with Crippen molar-refractivity contribution in [3.8, 4) is 0 Å². The highest BCUT2D eigenvalue weighted by Crippen LogP contribution is 2.32. The molecule has 2 amide bonds. The summed E-state index contributed by atoms with van der Waals surface area (Å²) in [7, 11) is 0. The van der Waals surface area contributed by atoms with Gasteiger partial charge in [-0.3, -0.25) is 19.4 Å². The van der Waals surface area contributed by atoms with E-state index in [1.807, 2.05) is 13.8 Å². The molecular weight excluding hydrogens is 422 g/mol. The number of amides is 2. The van der Waals surface area contributed by atoms with Crippen LogP contribution in [-0.4, -0.2) is 66.1 Å². The lowest BCUT2D eigenvalue weighted by atomic mass is 10.1. The fourth-order valence-corrected chi connectivity index (χ4v) is 3.94. The Kier molecular flexibility index (Phi) is 5.79. The summed E-state index contributed by atoms with van der Waals surface area (Å²) in [6, 6.07) is 1.76. The number of rotatable bonds is 4. The SMILES string of the molecule is CCN1C(=O)C(=Cc2cc(Br)c(N3CCOCC3)o2)C(=O)N(CC)C1=S. The predicted octanol–water partition coefficient (Wildman–Crippen LogP) is 2.26. The Morgan fingerprint density at radius 1 is 1.15 bits per heavy atom. The molecule has 0 N–H and O–H groups in total. The third kappa shape index (κ3) is 3.43. The summed E-state index contributed by atoms with van der Waals surface area (Å²) in [5.41, 5.74) is 0.0528. The summed E-state index contributed by atoms with van der Waals surface area (Å²) in [4.78, 5) is 30.3. The summed E-state index contributed by atoms with van der Waals surface area (Å²) in [5, 5.41) is 0.247. The molecule has 0 atom stereocenters. The molecule has 26 heavy (non-hydrogen) atoms. The fourth-order valence-electron chi connectivity index (χ4n) is 2.95. The number of anilines is 1. The molecule has 0 spiro atoms. The Labute approximate surface area is 165 Å². The van der Waals surface area contributed by atoms with Crippen molar-refractivity contribution in [2.24, 2.45) is 0 Å². The van der Waals surface area contributed by atoms with Crippen LogP contribution >= 0.6 is 28.1 Å². The second-order valence-electron chi connectivity index (χ2n) is 5.84. The second-order valence-corrected chi connectivity index (χ2v) is 7.06. The standard InChI is InChI=1S/C17H20BrN3O4S/c1-3-20-14(22)12(15(23)21(4-2)17(20)26)9-11-10-13(18)16(25-11)19-5-7-24-8-6-19/h9-10H,3-8H2,1-2H3. The van der Waals surface area contributed by atoms with Crippen LogP contribution in [-0.2, 0) is 14.3 Å². The van der Waals surface area contributed by atoms with Gasteiger partial charge in [-0.15, -0.1) is 0 Å². The maximum Gasteiger partial charge on any atom is 0.265 e. The lowest BCUT2D eigenvalue weighted by Crippen LogP contribution is -2.55. The molecule has 2 aliphatic rings. The molecule has 9 heteroatoms. The predicted molar refractivity (Wildman–Crippen MR) is 105 cm³/mol. The molecule has 2 aliphatic heterocycles. The normalized spacial score (nSPS) is 18.8. The molecule has 7 nitrogen and oxygen atoms in total. The van der Waals surface area contributed by atoms with Crippen LogP contribution in [0, 0.1) is 0 Å². The van der Waals surface area contributed by atoms with Crippen LogP contribution in [0.25, 0.3) is 6.08 Å². The van der Waals surface area contributed by atoms with Crippen LogP contribution in [0.3, 0.4) is 0 Å². The molecule has 3 rings (SSSR count). The first-order valence-electron chi connectivity index (χ1n) is 8.49. The largest absolute Gasteiger partial charge is 0.440 e. The molecule has 1 aromatic rings. The van der Waals surface area contributed by atoms with E-state index in [1.165, 1.54) is 15.9 Å². The van der Waals surface area contributed by atoms with Crippen LogP contribution in [0.15, 0.2) is 20.5 Å². The van der Waals surface area contributed by atoms with Crippen molar-refractivity contribution in [2.75, 3.05) is 44.3 Å². The van der Waals surface area contributed by atoms with Crippen molar-refractivity contribution in [3.63, 3.8) is 0 Å². The summed E-state index contributed by atoms with van der Waals surface area (Å²) < 4.78 is 12.0. The van der Waals surface area contributed by atoms with Crippen LogP contribution < -0.4 is 4.90 Å². The molecule has 0 aliphatic carbocycles. The Hall–Kier alpha value is -1.71. The van der Waals surface area contributed by atoms with Crippen molar-refractivity contribution < 1.29 is 18.7 Å². The van der Waals surface area contributed by atoms with Crippen molar-refractivity contribution in [3.05, 3.63) is 21.9 Å². The maximum atomic E-state index is 12.7. The van der Waals surface area contributed by atoms with Gasteiger partial charge in [0, 0.05) is 32.2 Å². The smallest absolute Gasteiger partial charge is 0.265 e. The van der Waals surface area contributed by atoms with E-state index < -0.39 is 11.8 Å². The number of likely N-dealkylation sites (N-methyl/N-ethyl adjacent to an activating group) is 2. The molecule has 0 radical (unpaired) electrons. The first kappa shape index (κ1) is 19.1. The number of carbonyl (C=O) groups is 2. The van der Waals surface area contributed by atoms with E-state index in [0.29, 0.717) is 37.9 Å². The summed E-state index contributed by atoms with van der Waals surface area (Å²) >= 11 is 8.75. The van der Waals surface area contributed by atoms with Crippen molar-refractivity contribution in [1.29, 1.82) is 0 Å². The van der Waals surface area contributed by atoms with Gasteiger partial charge < -0.3 is 14.1 Å². The van der Waals surface area contributed by atoms with Gasteiger partial charge in [0.2, 0.25) is 5.88 Å². The topological polar surface area (TPSA) is 66.2 Å². The summed E-state index contributed by atoms with van der Waals surface area (Å²) in [6.07, 6.45) is 1.49. The number of ether oxygens (including phenoxy) is 1. The monoisotopic (exact) mass is 441 g/mol. The van der Waals surface area contributed by atoms with Crippen molar-refractivity contribution in [1.82, 2.24) is 9.80 Å². The van der Waals surface area contributed by atoms with Crippen LogP contribution in [0.2, 0.25) is 0 Å². The Morgan fingerprint density at radius 2 is 1.73 bits per heavy atom. The molecule has 1 aromatic heterocycles. The molecule has 0 bridgehead atoms.